The number of carboxylic acids is 1. The molecule has 0 bridgehead atoms. The van der Waals surface area contributed by atoms with Crippen LogP contribution in [0.3, 0.4) is 0 Å². The monoisotopic (exact) mass is 155 g/mol. The van der Waals surface area contributed by atoms with Gasteiger partial charge in [-0.05, 0) is 6.08 Å². The third kappa shape index (κ3) is 1.26. The fraction of sp³-hybridized carbons (Fsp3) is 0.167. The minimum Gasteiger partial charge on any atom is -0.477 e. The third-order valence-corrected chi connectivity index (χ3v) is 1.39. The van der Waals surface area contributed by atoms with Gasteiger partial charge in [0.25, 0.3) is 0 Å². The summed E-state index contributed by atoms with van der Waals surface area (Å²) in [4.78, 5) is 10.5. The second-order valence-electron chi connectivity index (χ2n) is 2.13. The number of nitrogens with one attached hydrogen (secondary N) is 1. The van der Waals surface area contributed by atoms with Gasteiger partial charge in [-0.15, -0.1) is 0 Å². The van der Waals surface area contributed by atoms with Crippen LogP contribution in [0.2, 0.25) is 0 Å². The third-order valence-electron chi connectivity index (χ3n) is 1.39. The first-order chi connectivity index (χ1) is 5.13. The summed E-state index contributed by atoms with van der Waals surface area (Å²) in [5, 5.41) is 11.2. The van der Waals surface area contributed by atoms with Crippen LogP contribution in [-0.4, -0.2) is 17.6 Å². The minimum atomic E-state index is -1.11. The van der Waals surface area contributed by atoms with E-state index in [0.29, 0.717) is 6.54 Å². The van der Waals surface area contributed by atoms with Crippen molar-refractivity contribution in [2.75, 3.05) is 6.54 Å². The van der Waals surface area contributed by atoms with Crippen molar-refractivity contribution in [1.29, 1.82) is 0 Å². The lowest BCUT2D eigenvalue weighted by atomic mass is 10.1. The molecule has 0 saturated heterocycles. The van der Waals surface area contributed by atoms with Crippen LogP contribution in [0.4, 0.5) is 0 Å². The Kier molecular flexibility index (Phi) is 1.72. The average molecular weight is 155 g/mol. The van der Waals surface area contributed by atoms with Gasteiger partial charge in [0.05, 0.1) is 0 Å². The SMILES string of the molecule is NC1=CCNC(N)=C1C(=O)O. The van der Waals surface area contributed by atoms with Crippen molar-refractivity contribution in [3.05, 3.63) is 23.2 Å². The number of hydrogen-bond acceptors (Lipinski definition) is 4. The molecule has 0 aliphatic carbocycles. The maximum Gasteiger partial charge on any atom is 0.341 e. The van der Waals surface area contributed by atoms with Crippen LogP contribution in [0.5, 0.6) is 0 Å². The first-order valence-corrected chi connectivity index (χ1v) is 3.06. The van der Waals surface area contributed by atoms with Crippen molar-refractivity contribution in [3.63, 3.8) is 0 Å². The van der Waals surface area contributed by atoms with Gasteiger partial charge in [-0.1, -0.05) is 0 Å². The molecule has 0 spiro atoms. The highest BCUT2D eigenvalue weighted by Crippen LogP contribution is 2.08. The number of nitrogens with two attached hydrogens (primary N) is 2. The summed E-state index contributed by atoms with van der Waals surface area (Å²) in [6, 6.07) is 0. The molecule has 60 valence electrons. The molecule has 1 aliphatic heterocycles. The van der Waals surface area contributed by atoms with Gasteiger partial charge in [0.2, 0.25) is 0 Å². The molecule has 1 aliphatic rings. The molecule has 0 fully saturated rings. The summed E-state index contributed by atoms with van der Waals surface area (Å²) in [6.45, 7) is 0.481. The van der Waals surface area contributed by atoms with E-state index in [9.17, 15) is 4.79 Å². The van der Waals surface area contributed by atoms with Gasteiger partial charge in [0, 0.05) is 12.2 Å². The highest BCUT2D eigenvalue weighted by molar-refractivity contribution is 5.92. The van der Waals surface area contributed by atoms with E-state index < -0.39 is 5.97 Å². The van der Waals surface area contributed by atoms with E-state index in [2.05, 4.69) is 5.32 Å². The predicted molar refractivity (Wildman–Crippen MR) is 39.1 cm³/mol. The van der Waals surface area contributed by atoms with E-state index in [1.54, 1.807) is 6.08 Å². The molecule has 0 unspecified atom stereocenters. The fourth-order valence-electron chi connectivity index (χ4n) is 0.856. The molecule has 11 heavy (non-hydrogen) atoms. The van der Waals surface area contributed by atoms with Crippen LogP contribution >= 0.6 is 0 Å². The zero-order valence-electron chi connectivity index (χ0n) is 5.79. The molecule has 5 nitrogen and oxygen atoms in total. The number of dihydropyridines is 1. The molecule has 0 saturated carbocycles. The van der Waals surface area contributed by atoms with Gasteiger partial charge >= 0.3 is 5.97 Å². The fourth-order valence-corrected chi connectivity index (χ4v) is 0.856. The van der Waals surface area contributed by atoms with E-state index >= 15 is 0 Å². The molecule has 5 heteroatoms. The molecule has 0 amide bonds. The smallest absolute Gasteiger partial charge is 0.341 e. The Morgan fingerprint density at radius 1 is 1.64 bits per heavy atom. The van der Waals surface area contributed by atoms with Gasteiger partial charge in [0.15, 0.2) is 0 Å². The largest absolute Gasteiger partial charge is 0.477 e. The number of carbonyl (C=O) groups is 1. The van der Waals surface area contributed by atoms with Gasteiger partial charge in [-0.3, -0.25) is 0 Å². The highest BCUT2D eigenvalue weighted by atomic mass is 16.4. The Morgan fingerprint density at radius 3 is 2.64 bits per heavy atom. The summed E-state index contributed by atoms with van der Waals surface area (Å²) in [5.41, 5.74) is 10.9. The van der Waals surface area contributed by atoms with Crippen molar-refractivity contribution in [1.82, 2.24) is 5.32 Å². The number of rotatable bonds is 1. The zero-order valence-corrected chi connectivity index (χ0v) is 5.79. The van der Waals surface area contributed by atoms with Crippen molar-refractivity contribution < 1.29 is 9.90 Å². The summed E-state index contributed by atoms with van der Waals surface area (Å²) in [6.07, 6.45) is 1.57. The Morgan fingerprint density at radius 2 is 2.27 bits per heavy atom. The number of hydrogen-bond donors (Lipinski definition) is 4. The Balaban J connectivity index is 3.04. The van der Waals surface area contributed by atoms with Crippen molar-refractivity contribution in [2.45, 2.75) is 0 Å². The maximum absolute atomic E-state index is 10.5. The quantitative estimate of drug-likeness (QED) is 0.376. The van der Waals surface area contributed by atoms with E-state index in [4.69, 9.17) is 16.6 Å². The highest BCUT2D eigenvalue weighted by Gasteiger charge is 2.17. The second kappa shape index (κ2) is 2.53. The van der Waals surface area contributed by atoms with E-state index in [1.165, 1.54) is 0 Å². The number of aliphatic carboxylic acids is 1. The lowest BCUT2D eigenvalue weighted by Crippen LogP contribution is -2.31. The second-order valence-corrected chi connectivity index (χ2v) is 2.13. The van der Waals surface area contributed by atoms with Crippen LogP contribution in [-0.2, 0) is 4.79 Å². The summed E-state index contributed by atoms with van der Waals surface area (Å²) >= 11 is 0. The van der Waals surface area contributed by atoms with Gasteiger partial charge in [-0.25, -0.2) is 4.79 Å². The normalized spacial score (nSPS) is 17.3. The van der Waals surface area contributed by atoms with Crippen LogP contribution in [0.25, 0.3) is 0 Å². The Labute approximate surface area is 63.4 Å². The lowest BCUT2D eigenvalue weighted by Gasteiger charge is -2.14. The Hall–Kier alpha value is -1.65. The van der Waals surface area contributed by atoms with Crippen LogP contribution in [0, 0.1) is 0 Å². The van der Waals surface area contributed by atoms with Crippen molar-refractivity contribution in [3.8, 4) is 0 Å². The van der Waals surface area contributed by atoms with Gasteiger partial charge < -0.3 is 21.9 Å². The topological polar surface area (TPSA) is 101 Å². The predicted octanol–water partition coefficient (Wildman–Crippen LogP) is -1.31. The Bertz CT molecular complexity index is 255. The molecule has 1 rings (SSSR count). The van der Waals surface area contributed by atoms with Crippen LogP contribution < -0.4 is 16.8 Å². The summed E-state index contributed by atoms with van der Waals surface area (Å²) in [7, 11) is 0. The minimum absolute atomic E-state index is 0.0451. The van der Waals surface area contributed by atoms with Crippen LogP contribution in [0.15, 0.2) is 23.2 Å². The molecule has 6 N–H and O–H groups in total. The maximum atomic E-state index is 10.5. The summed E-state index contributed by atoms with van der Waals surface area (Å²) < 4.78 is 0. The lowest BCUT2D eigenvalue weighted by molar-refractivity contribution is -0.132. The zero-order chi connectivity index (χ0) is 8.43. The molecule has 0 aromatic carbocycles. The molecule has 0 aromatic rings. The molecule has 1 heterocycles. The summed E-state index contributed by atoms with van der Waals surface area (Å²) in [5.74, 6) is -0.985. The molecule has 0 aromatic heterocycles. The molecule has 0 atom stereocenters. The van der Waals surface area contributed by atoms with Gasteiger partial charge in [0.1, 0.15) is 11.4 Å². The first-order valence-electron chi connectivity index (χ1n) is 3.06. The van der Waals surface area contributed by atoms with Crippen molar-refractivity contribution >= 4 is 5.97 Å². The standard InChI is InChI=1S/C6H9N3O2/c7-3-1-2-9-5(8)4(3)6(10)11/h1,9H,2,7-8H2,(H,10,11). The molecular weight excluding hydrogens is 146 g/mol. The molecular formula is C6H9N3O2. The van der Waals surface area contributed by atoms with E-state index in [-0.39, 0.29) is 17.1 Å². The van der Waals surface area contributed by atoms with E-state index in [0.717, 1.165) is 0 Å². The average Bonchev–Trinajstić information content (AvgIpc) is 1.85. The van der Waals surface area contributed by atoms with E-state index in [1.807, 2.05) is 0 Å². The number of carboxylic acid groups (broad SMARTS) is 1. The first kappa shape index (κ1) is 7.46. The molecule has 0 radical (unpaired) electrons. The van der Waals surface area contributed by atoms with Gasteiger partial charge in [-0.2, -0.15) is 0 Å². The van der Waals surface area contributed by atoms with Crippen LogP contribution in [0.1, 0.15) is 0 Å². The van der Waals surface area contributed by atoms with Crippen molar-refractivity contribution in [2.24, 2.45) is 11.5 Å².